The van der Waals surface area contributed by atoms with Crippen LogP contribution in [-0.4, -0.2) is 18.0 Å². The zero-order valence-corrected chi connectivity index (χ0v) is 12.4. The second-order valence-electron chi connectivity index (χ2n) is 4.96. The Hall–Kier alpha value is -0.770. The van der Waals surface area contributed by atoms with E-state index in [4.69, 9.17) is 17.3 Å². The summed E-state index contributed by atoms with van der Waals surface area (Å²) >= 11 is 6.06. The molecule has 0 aliphatic heterocycles. The minimum absolute atomic E-state index is 0. The maximum absolute atomic E-state index is 12.0. The highest BCUT2D eigenvalue weighted by Gasteiger charge is 2.36. The summed E-state index contributed by atoms with van der Waals surface area (Å²) in [4.78, 5) is 12.0. The summed E-state index contributed by atoms with van der Waals surface area (Å²) in [5.74, 6) is -0.0212. The number of hydrogen-bond acceptors (Lipinski definition) is 2. The molecule has 0 heterocycles. The lowest BCUT2D eigenvalue weighted by Gasteiger charge is -2.22. The molecule has 5 heteroatoms. The van der Waals surface area contributed by atoms with Crippen molar-refractivity contribution in [2.75, 3.05) is 6.54 Å². The quantitative estimate of drug-likeness (QED) is 0.898. The zero-order valence-electron chi connectivity index (χ0n) is 10.8. The van der Waals surface area contributed by atoms with Crippen molar-refractivity contribution in [3.05, 3.63) is 34.9 Å². The maximum atomic E-state index is 12.0. The van der Waals surface area contributed by atoms with Crippen LogP contribution in [0.25, 0.3) is 0 Å². The van der Waals surface area contributed by atoms with Crippen LogP contribution in [0.4, 0.5) is 0 Å². The first kappa shape index (κ1) is 16.3. The Morgan fingerprint density at radius 1 is 1.32 bits per heavy atom. The summed E-state index contributed by atoms with van der Waals surface area (Å²) in [5.41, 5.74) is 6.49. The number of halogens is 2. The van der Waals surface area contributed by atoms with Crippen molar-refractivity contribution in [3.8, 4) is 0 Å². The average molecular weight is 303 g/mol. The van der Waals surface area contributed by atoms with Crippen molar-refractivity contribution >= 4 is 29.9 Å². The molecule has 106 valence electrons. The summed E-state index contributed by atoms with van der Waals surface area (Å²) in [5, 5.41) is 3.66. The molecule has 19 heavy (non-hydrogen) atoms. The minimum Gasteiger partial charge on any atom is -0.354 e. The third-order valence-corrected chi connectivity index (χ3v) is 3.95. The van der Waals surface area contributed by atoms with Crippen LogP contribution in [0.1, 0.15) is 31.2 Å². The van der Waals surface area contributed by atoms with E-state index in [2.05, 4.69) is 5.32 Å². The van der Waals surface area contributed by atoms with Gasteiger partial charge in [-0.05, 0) is 30.9 Å². The van der Waals surface area contributed by atoms with Crippen molar-refractivity contribution in [1.82, 2.24) is 5.32 Å². The van der Waals surface area contributed by atoms with Gasteiger partial charge in [0.2, 0.25) is 5.91 Å². The number of benzene rings is 1. The fraction of sp³-hybridized carbons (Fsp3) is 0.500. The summed E-state index contributed by atoms with van der Waals surface area (Å²) in [6.45, 7) is 0.585. The van der Waals surface area contributed by atoms with Crippen LogP contribution < -0.4 is 11.1 Å². The van der Waals surface area contributed by atoms with Crippen molar-refractivity contribution in [2.24, 2.45) is 5.73 Å². The van der Waals surface area contributed by atoms with E-state index >= 15 is 0 Å². The molecule has 0 spiro atoms. The van der Waals surface area contributed by atoms with Crippen molar-refractivity contribution in [3.63, 3.8) is 0 Å². The van der Waals surface area contributed by atoms with Gasteiger partial charge in [0.05, 0.1) is 5.54 Å². The normalized spacial score (nSPS) is 16.7. The lowest BCUT2D eigenvalue weighted by atomic mass is 9.98. The van der Waals surface area contributed by atoms with Crippen LogP contribution in [0, 0.1) is 0 Å². The Labute approximate surface area is 125 Å². The molecule has 0 bridgehead atoms. The fourth-order valence-electron chi connectivity index (χ4n) is 2.42. The summed E-state index contributed by atoms with van der Waals surface area (Å²) in [6.07, 6.45) is 4.43. The Balaban J connectivity index is 0.00000180. The monoisotopic (exact) mass is 302 g/mol. The predicted octanol–water partition coefficient (Wildman–Crippen LogP) is 2.69. The number of hydrogen-bond donors (Lipinski definition) is 2. The highest BCUT2D eigenvalue weighted by atomic mass is 35.5. The number of nitrogens with two attached hydrogens (primary N) is 1. The molecule has 1 saturated carbocycles. The summed E-state index contributed by atoms with van der Waals surface area (Å²) in [6, 6.07) is 7.69. The Kier molecular flexibility index (Phi) is 6.11. The number of rotatable bonds is 4. The average Bonchev–Trinajstić information content (AvgIpc) is 2.80. The third kappa shape index (κ3) is 4.10. The van der Waals surface area contributed by atoms with Crippen molar-refractivity contribution in [1.29, 1.82) is 0 Å². The number of nitrogens with one attached hydrogen (secondary N) is 1. The van der Waals surface area contributed by atoms with E-state index in [1.54, 1.807) is 0 Å². The first-order chi connectivity index (χ1) is 8.62. The number of carbonyl (C=O) groups is 1. The van der Waals surface area contributed by atoms with Crippen LogP contribution >= 0.6 is 24.0 Å². The molecule has 0 unspecified atom stereocenters. The topological polar surface area (TPSA) is 55.1 Å². The molecule has 1 aliphatic carbocycles. The molecule has 0 aromatic heterocycles. The molecule has 1 aromatic rings. The standard InChI is InChI=1S/C14H19ClN2O.ClH/c15-12-6-2-1-5-11(12)7-10-17-13(18)14(16)8-3-4-9-14;/h1-2,5-6H,3-4,7-10,16H2,(H,17,18);1H. The van der Waals surface area contributed by atoms with Crippen molar-refractivity contribution < 1.29 is 4.79 Å². The van der Waals surface area contributed by atoms with Crippen LogP contribution in [0.15, 0.2) is 24.3 Å². The molecule has 0 radical (unpaired) electrons. The molecule has 1 fully saturated rings. The Morgan fingerprint density at radius 3 is 2.58 bits per heavy atom. The van der Waals surface area contributed by atoms with Crippen LogP contribution in [0.5, 0.6) is 0 Å². The largest absolute Gasteiger partial charge is 0.354 e. The second-order valence-corrected chi connectivity index (χ2v) is 5.37. The third-order valence-electron chi connectivity index (χ3n) is 3.59. The van der Waals surface area contributed by atoms with Gasteiger partial charge in [0.15, 0.2) is 0 Å². The van der Waals surface area contributed by atoms with Gasteiger partial charge in [-0.2, -0.15) is 0 Å². The van der Waals surface area contributed by atoms with Gasteiger partial charge in [-0.1, -0.05) is 42.6 Å². The molecular weight excluding hydrogens is 283 g/mol. The molecule has 2 rings (SSSR count). The van der Waals surface area contributed by atoms with Gasteiger partial charge in [-0.25, -0.2) is 0 Å². The smallest absolute Gasteiger partial charge is 0.240 e. The molecular formula is C14H20Cl2N2O. The van der Waals surface area contributed by atoms with Gasteiger partial charge < -0.3 is 11.1 Å². The minimum atomic E-state index is -0.638. The molecule has 0 atom stereocenters. The van der Waals surface area contributed by atoms with E-state index in [1.165, 1.54) is 0 Å². The lowest BCUT2D eigenvalue weighted by Crippen LogP contribution is -2.52. The van der Waals surface area contributed by atoms with E-state index in [-0.39, 0.29) is 18.3 Å². The van der Waals surface area contributed by atoms with Gasteiger partial charge >= 0.3 is 0 Å². The van der Waals surface area contributed by atoms with E-state index < -0.39 is 5.54 Å². The van der Waals surface area contributed by atoms with E-state index in [0.717, 1.165) is 42.7 Å². The van der Waals surface area contributed by atoms with Gasteiger partial charge in [0.25, 0.3) is 0 Å². The predicted molar refractivity (Wildman–Crippen MR) is 80.8 cm³/mol. The van der Waals surface area contributed by atoms with Crippen LogP contribution in [0.3, 0.4) is 0 Å². The fourth-order valence-corrected chi connectivity index (χ4v) is 2.65. The molecule has 3 nitrogen and oxygen atoms in total. The van der Waals surface area contributed by atoms with Gasteiger partial charge in [-0.3, -0.25) is 4.79 Å². The highest BCUT2D eigenvalue weighted by Crippen LogP contribution is 2.27. The number of amides is 1. The van der Waals surface area contributed by atoms with E-state index in [1.807, 2.05) is 24.3 Å². The van der Waals surface area contributed by atoms with Gasteiger partial charge in [0.1, 0.15) is 0 Å². The van der Waals surface area contributed by atoms with Crippen LogP contribution in [0.2, 0.25) is 5.02 Å². The van der Waals surface area contributed by atoms with E-state index in [0.29, 0.717) is 6.54 Å². The Morgan fingerprint density at radius 2 is 1.95 bits per heavy atom. The molecule has 1 aromatic carbocycles. The second kappa shape index (κ2) is 7.13. The zero-order chi connectivity index (χ0) is 13.0. The van der Waals surface area contributed by atoms with E-state index in [9.17, 15) is 4.79 Å². The first-order valence-electron chi connectivity index (χ1n) is 6.42. The SMILES string of the molecule is Cl.NC1(C(=O)NCCc2ccccc2Cl)CCCC1. The molecule has 1 amide bonds. The van der Waals surface area contributed by atoms with Gasteiger partial charge in [-0.15, -0.1) is 12.4 Å². The lowest BCUT2D eigenvalue weighted by molar-refractivity contribution is -0.126. The highest BCUT2D eigenvalue weighted by molar-refractivity contribution is 6.31. The van der Waals surface area contributed by atoms with Gasteiger partial charge in [0, 0.05) is 11.6 Å². The maximum Gasteiger partial charge on any atom is 0.240 e. The molecule has 3 N–H and O–H groups in total. The van der Waals surface area contributed by atoms with Crippen LogP contribution in [-0.2, 0) is 11.2 Å². The molecule has 1 aliphatic rings. The Bertz CT molecular complexity index is 431. The number of carbonyl (C=O) groups excluding carboxylic acids is 1. The summed E-state index contributed by atoms with van der Waals surface area (Å²) in [7, 11) is 0. The summed E-state index contributed by atoms with van der Waals surface area (Å²) < 4.78 is 0. The van der Waals surface area contributed by atoms with Crippen molar-refractivity contribution in [2.45, 2.75) is 37.6 Å². The molecule has 0 saturated heterocycles. The first-order valence-corrected chi connectivity index (χ1v) is 6.80.